The van der Waals surface area contributed by atoms with Gasteiger partial charge >= 0.3 is 6.03 Å². The molecule has 2 aliphatic heterocycles. The normalized spacial score (nSPS) is 15.9. The predicted octanol–water partition coefficient (Wildman–Crippen LogP) is 2.76. The van der Waals surface area contributed by atoms with Crippen molar-refractivity contribution in [2.45, 2.75) is 13.5 Å². The fourth-order valence-electron chi connectivity index (χ4n) is 3.26. The number of fused-ring (bicyclic) bond motifs is 1. The number of hydrogen-bond acceptors (Lipinski definition) is 4. The molecule has 0 radical (unpaired) electrons. The summed E-state index contributed by atoms with van der Waals surface area (Å²) >= 11 is 0. The Morgan fingerprint density at radius 2 is 1.73 bits per heavy atom. The SMILES string of the molecule is Cc1ccc(N2CCN(C(=O)NCc3ccc4c(c3)OCO4)CC2)cc1. The number of anilines is 1. The molecule has 2 aliphatic rings. The molecule has 26 heavy (non-hydrogen) atoms. The van der Waals surface area contributed by atoms with Gasteiger partial charge in [-0.2, -0.15) is 0 Å². The molecule has 1 N–H and O–H groups in total. The maximum absolute atomic E-state index is 12.4. The summed E-state index contributed by atoms with van der Waals surface area (Å²) in [4.78, 5) is 16.6. The highest BCUT2D eigenvalue weighted by molar-refractivity contribution is 5.74. The van der Waals surface area contributed by atoms with Crippen molar-refractivity contribution in [1.29, 1.82) is 0 Å². The van der Waals surface area contributed by atoms with Crippen molar-refractivity contribution in [2.75, 3.05) is 37.9 Å². The average molecular weight is 353 g/mol. The molecule has 2 aromatic carbocycles. The molecular formula is C20H23N3O3. The molecule has 0 atom stereocenters. The van der Waals surface area contributed by atoms with E-state index in [1.807, 2.05) is 23.1 Å². The quantitative estimate of drug-likeness (QED) is 0.922. The summed E-state index contributed by atoms with van der Waals surface area (Å²) in [6.45, 7) is 5.97. The van der Waals surface area contributed by atoms with Crippen LogP contribution < -0.4 is 19.7 Å². The fourth-order valence-corrected chi connectivity index (χ4v) is 3.26. The minimum absolute atomic E-state index is 0.0220. The Balaban J connectivity index is 1.27. The van der Waals surface area contributed by atoms with Crippen LogP contribution in [0.4, 0.5) is 10.5 Å². The first-order valence-corrected chi connectivity index (χ1v) is 8.92. The molecule has 2 aromatic rings. The molecule has 0 aromatic heterocycles. The third-order valence-corrected chi connectivity index (χ3v) is 4.85. The number of carbonyl (C=O) groups is 1. The van der Waals surface area contributed by atoms with E-state index in [1.165, 1.54) is 11.3 Å². The number of amides is 2. The van der Waals surface area contributed by atoms with Crippen LogP contribution >= 0.6 is 0 Å². The number of urea groups is 1. The first-order chi connectivity index (χ1) is 12.7. The number of carbonyl (C=O) groups excluding carboxylic acids is 1. The summed E-state index contributed by atoms with van der Waals surface area (Å²) in [5, 5.41) is 2.99. The number of nitrogens with one attached hydrogen (secondary N) is 1. The minimum atomic E-state index is -0.0220. The molecule has 0 bridgehead atoms. The number of benzene rings is 2. The van der Waals surface area contributed by atoms with E-state index in [9.17, 15) is 4.79 Å². The van der Waals surface area contributed by atoms with Gasteiger partial charge in [-0.25, -0.2) is 4.79 Å². The van der Waals surface area contributed by atoms with E-state index in [1.54, 1.807) is 0 Å². The van der Waals surface area contributed by atoms with Gasteiger partial charge in [-0.05, 0) is 36.8 Å². The maximum Gasteiger partial charge on any atom is 0.317 e. The number of ether oxygens (including phenoxy) is 2. The molecule has 0 unspecified atom stereocenters. The van der Waals surface area contributed by atoms with Gasteiger partial charge in [-0.3, -0.25) is 0 Å². The number of nitrogens with zero attached hydrogens (tertiary/aromatic N) is 2. The average Bonchev–Trinajstić information content (AvgIpc) is 3.15. The van der Waals surface area contributed by atoms with E-state index in [0.29, 0.717) is 6.54 Å². The lowest BCUT2D eigenvalue weighted by molar-refractivity contribution is 0.174. The Morgan fingerprint density at radius 3 is 2.50 bits per heavy atom. The van der Waals surface area contributed by atoms with Crippen LogP contribution in [0.3, 0.4) is 0 Å². The summed E-state index contributed by atoms with van der Waals surface area (Å²) in [5.74, 6) is 1.50. The van der Waals surface area contributed by atoms with E-state index in [-0.39, 0.29) is 12.8 Å². The van der Waals surface area contributed by atoms with E-state index in [4.69, 9.17) is 9.47 Å². The second kappa shape index (κ2) is 7.15. The van der Waals surface area contributed by atoms with Crippen LogP contribution in [0, 0.1) is 6.92 Å². The molecule has 1 saturated heterocycles. The Bertz CT molecular complexity index is 783. The lowest BCUT2D eigenvalue weighted by Gasteiger charge is -2.36. The standard InChI is InChI=1S/C20H23N3O3/c1-15-2-5-17(6-3-15)22-8-10-23(11-9-22)20(24)21-13-16-4-7-18-19(12-16)26-14-25-18/h2-7,12H,8-11,13-14H2,1H3,(H,21,24). The van der Waals surface area contributed by atoms with Crippen molar-refractivity contribution >= 4 is 11.7 Å². The largest absolute Gasteiger partial charge is 0.454 e. The van der Waals surface area contributed by atoms with E-state index < -0.39 is 0 Å². The van der Waals surface area contributed by atoms with Gasteiger partial charge in [0.15, 0.2) is 11.5 Å². The van der Waals surface area contributed by atoms with Gasteiger partial charge < -0.3 is 24.6 Å². The summed E-state index contributed by atoms with van der Waals surface area (Å²) in [5.41, 5.74) is 3.48. The first kappa shape index (κ1) is 16.6. The molecule has 2 amide bonds. The van der Waals surface area contributed by atoms with Gasteiger partial charge in [0.25, 0.3) is 0 Å². The summed E-state index contributed by atoms with van der Waals surface area (Å²) < 4.78 is 10.7. The van der Waals surface area contributed by atoms with Gasteiger partial charge in [0.05, 0.1) is 0 Å². The fraction of sp³-hybridized carbons (Fsp3) is 0.350. The van der Waals surface area contributed by atoms with Crippen LogP contribution in [-0.2, 0) is 6.54 Å². The zero-order valence-corrected chi connectivity index (χ0v) is 14.9. The van der Waals surface area contributed by atoms with Crippen molar-refractivity contribution in [3.63, 3.8) is 0 Å². The Hall–Kier alpha value is -2.89. The Kier molecular flexibility index (Phi) is 4.56. The molecule has 0 spiro atoms. The zero-order valence-electron chi connectivity index (χ0n) is 14.9. The van der Waals surface area contributed by atoms with Gasteiger partial charge in [0.2, 0.25) is 6.79 Å². The van der Waals surface area contributed by atoms with E-state index in [2.05, 4.69) is 41.4 Å². The maximum atomic E-state index is 12.4. The number of rotatable bonds is 3. The second-order valence-electron chi connectivity index (χ2n) is 6.66. The minimum Gasteiger partial charge on any atom is -0.454 e. The lowest BCUT2D eigenvalue weighted by atomic mass is 10.2. The highest BCUT2D eigenvalue weighted by atomic mass is 16.7. The summed E-state index contributed by atoms with van der Waals surface area (Å²) in [6, 6.07) is 14.3. The third kappa shape index (κ3) is 3.54. The molecule has 6 heteroatoms. The van der Waals surface area contributed by atoms with Crippen LogP contribution in [-0.4, -0.2) is 43.9 Å². The Morgan fingerprint density at radius 1 is 1.00 bits per heavy atom. The Labute approximate surface area is 153 Å². The predicted molar refractivity (Wildman–Crippen MR) is 99.8 cm³/mol. The molecular weight excluding hydrogens is 330 g/mol. The highest BCUT2D eigenvalue weighted by Crippen LogP contribution is 2.32. The zero-order chi connectivity index (χ0) is 17.9. The van der Waals surface area contributed by atoms with Crippen LogP contribution in [0.1, 0.15) is 11.1 Å². The van der Waals surface area contributed by atoms with Crippen LogP contribution in [0.15, 0.2) is 42.5 Å². The van der Waals surface area contributed by atoms with E-state index in [0.717, 1.165) is 43.2 Å². The molecule has 6 nitrogen and oxygen atoms in total. The summed E-state index contributed by atoms with van der Waals surface area (Å²) in [6.07, 6.45) is 0. The van der Waals surface area contributed by atoms with Crippen molar-refractivity contribution in [2.24, 2.45) is 0 Å². The monoisotopic (exact) mass is 353 g/mol. The van der Waals surface area contributed by atoms with E-state index >= 15 is 0 Å². The van der Waals surface area contributed by atoms with Gasteiger partial charge in [0, 0.05) is 38.4 Å². The number of piperazine rings is 1. The van der Waals surface area contributed by atoms with Gasteiger partial charge in [-0.15, -0.1) is 0 Å². The third-order valence-electron chi connectivity index (χ3n) is 4.85. The number of aryl methyl sites for hydroxylation is 1. The number of hydrogen-bond donors (Lipinski definition) is 1. The van der Waals surface area contributed by atoms with Gasteiger partial charge in [-0.1, -0.05) is 23.8 Å². The van der Waals surface area contributed by atoms with Crippen molar-refractivity contribution in [1.82, 2.24) is 10.2 Å². The lowest BCUT2D eigenvalue weighted by Crippen LogP contribution is -2.51. The highest BCUT2D eigenvalue weighted by Gasteiger charge is 2.21. The topological polar surface area (TPSA) is 54.0 Å². The molecule has 136 valence electrons. The van der Waals surface area contributed by atoms with Crippen LogP contribution in [0.25, 0.3) is 0 Å². The van der Waals surface area contributed by atoms with Crippen molar-refractivity contribution < 1.29 is 14.3 Å². The van der Waals surface area contributed by atoms with Crippen LogP contribution in [0.2, 0.25) is 0 Å². The van der Waals surface area contributed by atoms with Crippen molar-refractivity contribution in [3.8, 4) is 11.5 Å². The molecule has 0 saturated carbocycles. The summed E-state index contributed by atoms with van der Waals surface area (Å²) in [7, 11) is 0. The molecule has 2 heterocycles. The molecule has 0 aliphatic carbocycles. The first-order valence-electron chi connectivity index (χ1n) is 8.92. The second-order valence-corrected chi connectivity index (χ2v) is 6.66. The van der Waals surface area contributed by atoms with Crippen molar-refractivity contribution in [3.05, 3.63) is 53.6 Å². The molecule has 4 rings (SSSR count). The smallest absolute Gasteiger partial charge is 0.317 e. The van der Waals surface area contributed by atoms with Gasteiger partial charge in [0.1, 0.15) is 0 Å². The molecule has 1 fully saturated rings. The van der Waals surface area contributed by atoms with Crippen LogP contribution in [0.5, 0.6) is 11.5 Å².